The van der Waals surface area contributed by atoms with Gasteiger partial charge in [0.2, 0.25) is 0 Å². The molecule has 4 rings (SSSR count). The minimum atomic E-state index is -0.174. The van der Waals surface area contributed by atoms with Crippen molar-refractivity contribution in [3.63, 3.8) is 0 Å². The molecule has 3 nitrogen and oxygen atoms in total. The highest BCUT2D eigenvalue weighted by molar-refractivity contribution is 14.1. The average molecular weight is 541 g/mol. The van der Waals surface area contributed by atoms with Crippen molar-refractivity contribution in [3.8, 4) is 17.2 Å². The van der Waals surface area contributed by atoms with Crippen LogP contribution in [-0.4, -0.2) is 12.2 Å². The monoisotopic (exact) mass is 541 g/mol. The molecule has 0 heterocycles. The number of ether oxygens (including phenoxy) is 2. The van der Waals surface area contributed by atoms with E-state index in [9.17, 15) is 5.11 Å². The summed E-state index contributed by atoms with van der Waals surface area (Å²) in [5.41, 5.74) is 0.941. The molecular weight excluding hydrogens is 519 g/mol. The van der Waals surface area contributed by atoms with Gasteiger partial charge >= 0.3 is 0 Å². The van der Waals surface area contributed by atoms with Crippen molar-refractivity contribution >= 4 is 33.5 Å². The maximum atomic E-state index is 10.0. The van der Waals surface area contributed by atoms with E-state index in [-0.39, 0.29) is 16.6 Å². The molecule has 156 valence electrons. The Labute approximate surface area is 199 Å². The zero-order chi connectivity index (χ0) is 21.6. The third-order valence-electron chi connectivity index (χ3n) is 4.73. The average Bonchev–Trinajstić information content (AvgIpc) is 2.82. The van der Waals surface area contributed by atoms with Crippen LogP contribution in [0, 0.1) is 3.57 Å². The summed E-state index contributed by atoms with van der Waals surface area (Å²) in [4.78, 5) is 3.81. The molecule has 0 radical (unpaired) electrons. The Morgan fingerprint density at radius 1 is 0.774 bits per heavy atom. The Bertz CT molecular complexity index is 1090. The largest absolute Gasteiger partial charge is 0.504 e. The van der Waals surface area contributed by atoms with Gasteiger partial charge in [-0.05, 0) is 88.8 Å². The molecule has 0 atom stereocenters. The summed E-state index contributed by atoms with van der Waals surface area (Å²) in [5, 5.41) is 10.0. The third-order valence-corrected chi connectivity index (χ3v) is 7.78. The molecule has 0 saturated heterocycles. The number of hydrogen-bond acceptors (Lipinski definition) is 3. The molecule has 0 aliphatic rings. The van der Waals surface area contributed by atoms with Gasteiger partial charge in [0.1, 0.15) is 12.4 Å². The summed E-state index contributed by atoms with van der Waals surface area (Å²) in [6.45, 7) is 0.398. The van der Waals surface area contributed by atoms with Crippen molar-refractivity contribution in [3.05, 3.63) is 106 Å². The highest BCUT2D eigenvalue weighted by Gasteiger charge is 2.28. The van der Waals surface area contributed by atoms with Crippen molar-refractivity contribution in [2.24, 2.45) is 0 Å². The summed E-state index contributed by atoms with van der Waals surface area (Å²) >= 11 is 2.09. The van der Waals surface area contributed by atoms with Crippen molar-refractivity contribution in [1.82, 2.24) is 0 Å². The SMILES string of the molecule is COc1cc(COc2ccc([S+](c3ccccc3)c3ccccc3)cc2)cc(I)c1O. The first-order valence-corrected chi connectivity index (χ1v) is 12.1. The Kier molecular flexibility index (Phi) is 7.04. The summed E-state index contributed by atoms with van der Waals surface area (Å²) in [6, 6.07) is 33.2. The van der Waals surface area contributed by atoms with E-state index < -0.39 is 0 Å². The quantitative estimate of drug-likeness (QED) is 0.210. The van der Waals surface area contributed by atoms with Gasteiger partial charge in [-0.1, -0.05) is 36.4 Å². The molecule has 0 spiro atoms. The molecule has 4 aromatic carbocycles. The minimum Gasteiger partial charge on any atom is -0.504 e. The molecule has 0 aliphatic carbocycles. The lowest BCUT2D eigenvalue weighted by Crippen LogP contribution is -2.04. The van der Waals surface area contributed by atoms with Crippen LogP contribution in [0.15, 0.2) is 112 Å². The number of phenolic OH excluding ortho intramolecular Hbond substituents is 1. The number of rotatable bonds is 7. The molecule has 31 heavy (non-hydrogen) atoms. The fourth-order valence-electron chi connectivity index (χ4n) is 3.23. The fraction of sp³-hybridized carbons (Fsp3) is 0.0769. The number of methoxy groups -OCH3 is 1. The van der Waals surface area contributed by atoms with Crippen LogP contribution in [0.5, 0.6) is 17.2 Å². The Balaban J connectivity index is 1.55. The molecular formula is C26H22IO3S+. The second-order valence-electron chi connectivity index (χ2n) is 6.82. The molecule has 0 saturated carbocycles. The number of aromatic hydroxyl groups is 1. The van der Waals surface area contributed by atoms with Crippen LogP contribution in [0.2, 0.25) is 0 Å². The molecule has 0 unspecified atom stereocenters. The molecule has 5 heteroatoms. The van der Waals surface area contributed by atoms with E-state index in [4.69, 9.17) is 9.47 Å². The summed E-state index contributed by atoms with van der Waals surface area (Å²) in [7, 11) is 1.37. The van der Waals surface area contributed by atoms with E-state index >= 15 is 0 Å². The van der Waals surface area contributed by atoms with Gasteiger partial charge < -0.3 is 14.6 Å². The van der Waals surface area contributed by atoms with Crippen molar-refractivity contribution < 1.29 is 14.6 Å². The summed E-state index contributed by atoms with van der Waals surface area (Å²) < 4.78 is 12.0. The predicted octanol–water partition coefficient (Wildman–Crippen LogP) is 6.68. The first-order valence-electron chi connectivity index (χ1n) is 9.78. The Morgan fingerprint density at radius 3 is 1.87 bits per heavy atom. The second kappa shape index (κ2) is 10.1. The number of hydrogen-bond donors (Lipinski definition) is 1. The van der Waals surface area contributed by atoms with Crippen LogP contribution in [0.3, 0.4) is 0 Å². The van der Waals surface area contributed by atoms with Crippen LogP contribution in [0.1, 0.15) is 5.56 Å². The first-order chi connectivity index (χ1) is 15.2. The highest BCUT2D eigenvalue weighted by atomic mass is 127. The standard InChI is InChI=1S/C26H21IO3S/c1-29-25-17-19(16-24(27)26(25)28)18-30-20-12-14-23(15-13-20)31(21-8-4-2-5-9-21)22-10-6-3-7-11-22/h2-17H,18H2,1H3/p+1. The fourth-order valence-corrected chi connectivity index (χ4v) is 5.98. The normalized spacial score (nSPS) is 10.8. The minimum absolute atomic E-state index is 0.157. The van der Waals surface area contributed by atoms with Gasteiger partial charge in [0.05, 0.1) is 21.6 Å². The van der Waals surface area contributed by atoms with E-state index in [1.54, 1.807) is 13.2 Å². The van der Waals surface area contributed by atoms with Crippen LogP contribution in [0.4, 0.5) is 0 Å². The first kappa shape index (κ1) is 21.6. The lowest BCUT2D eigenvalue weighted by atomic mass is 10.2. The van der Waals surface area contributed by atoms with Crippen LogP contribution in [-0.2, 0) is 17.5 Å². The molecule has 4 aromatic rings. The molecule has 0 amide bonds. The maximum absolute atomic E-state index is 10.0. The molecule has 0 aromatic heterocycles. The molecule has 1 N–H and O–H groups in total. The van der Waals surface area contributed by atoms with Gasteiger partial charge in [-0.15, -0.1) is 0 Å². The van der Waals surface area contributed by atoms with Crippen LogP contribution in [0.25, 0.3) is 0 Å². The van der Waals surface area contributed by atoms with Gasteiger partial charge in [0.15, 0.2) is 26.2 Å². The van der Waals surface area contributed by atoms with Crippen molar-refractivity contribution in [1.29, 1.82) is 0 Å². The molecule has 0 aliphatic heterocycles. The topological polar surface area (TPSA) is 38.7 Å². The van der Waals surface area contributed by atoms with Gasteiger partial charge in [0.25, 0.3) is 0 Å². The number of halogens is 1. The zero-order valence-corrected chi connectivity index (χ0v) is 20.0. The lowest BCUT2D eigenvalue weighted by Gasteiger charge is -2.11. The van der Waals surface area contributed by atoms with E-state index in [1.807, 2.05) is 30.3 Å². The molecule has 0 fully saturated rings. The Morgan fingerprint density at radius 2 is 1.32 bits per heavy atom. The van der Waals surface area contributed by atoms with E-state index in [0.29, 0.717) is 12.4 Å². The number of phenols is 1. The van der Waals surface area contributed by atoms with Gasteiger partial charge in [0, 0.05) is 0 Å². The number of benzene rings is 4. The second-order valence-corrected chi connectivity index (χ2v) is 10.0. The van der Waals surface area contributed by atoms with Crippen LogP contribution >= 0.6 is 22.6 Å². The van der Waals surface area contributed by atoms with Crippen molar-refractivity contribution in [2.75, 3.05) is 7.11 Å². The summed E-state index contributed by atoms with van der Waals surface area (Å²) in [5.74, 6) is 1.41. The van der Waals surface area contributed by atoms with Gasteiger partial charge in [-0.3, -0.25) is 0 Å². The van der Waals surface area contributed by atoms with Crippen molar-refractivity contribution in [2.45, 2.75) is 21.3 Å². The van der Waals surface area contributed by atoms with Gasteiger partial charge in [-0.2, -0.15) is 0 Å². The lowest BCUT2D eigenvalue weighted by molar-refractivity contribution is 0.304. The van der Waals surface area contributed by atoms with Crippen LogP contribution < -0.4 is 9.47 Å². The smallest absolute Gasteiger partial charge is 0.171 e. The van der Waals surface area contributed by atoms with E-state index in [2.05, 4.69) is 83.3 Å². The summed E-state index contributed by atoms with van der Waals surface area (Å²) in [6.07, 6.45) is 0. The predicted molar refractivity (Wildman–Crippen MR) is 133 cm³/mol. The van der Waals surface area contributed by atoms with E-state index in [1.165, 1.54) is 14.7 Å². The highest BCUT2D eigenvalue weighted by Crippen LogP contribution is 2.34. The molecule has 0 bridgehead atoms. The van der Waals surface area contributed by atoms with Gasteiger partial charge in [-0.25, -0.2) is 0 Å². The third kappa shape index (κ3) is 5.17. The maximum Gasteiger partial charge on any atom is 0.171 e. The van der Waals surface area contributed by atoms with E-state index in [0.717, 1.165) is 14.9 Å². The Hall–Kier alpha value is -2.64. The zero-order valence-electron chi connectivity index (χ0n) is 17.0.